The van der Waals surface area contributed by atoms with Crippen LogP contribution >= 0.6 is 0 Å². The SMILES string of the molecule is COc1ccc([C@@H]2CN(C(=O)c3ccoc3)[C@@H]3C4CCN(CC4)[C@@H]32)cc1. The number of fused-ring (bicyclic) bond motifs is 2. The maximum absolute atomic E-state index is 13.1. The molecule has 1 aromatic heterocycles. The Morgan fingerprint density at radius 1 is 1.12 bits per heavy atom. The van der Waals surface area contributed by atoms with Crippen LogP contribution in [-0.4, -0.2) is 54.5 Å². The Morgan fingerprint density at radius 3 is 2.54 bits per heavy atom. The summed E-state index contributed by atoms with van der Waals surface area (Å²) < 4.78 is 10.5. The van der Waals surface area contributed by atoms with E-state index < -0.39 is 0 Å². The van der Waals surface area contributed by atoms with Crippen molar-refractivity contribution in [1.82, 2.24) is 9.80 Å². The lowest BCUT2D eigenvalue weighted by atomic mass is 9.75. The number of carbonyl (C=O) groups is 1. The van der Waals surface area contributed by atoms with E-state index in [-0.39, 0.29) is 5.91 Å². The highest BCUT2D eigenvalue weighted by Crippen LogP contribution is 2.47. The molecule has 4 fully saturated rings. The lowest BCUT2D eigenvalue weighted by Crippen LogP contribution is -2.60. The molecule has 3 atom stereocenters. The molecule has 0 N–H and O–H groups in total. The van der Waals surface area contributed by atoms with Gasteiger partial charge in [-0.1, -0.05) is 12.1 Å². The molecule has 5 nitrogen and oxygen atoms in total. The number of rotatable bonds is 3. The number of ether oxygens (including phenoxy) is 1. The van der Waals surface area contributed by atoms with Gasteiger partial charge in [0, 0.05) is 18.5 Å². The molecule has 5 heterocycles. The van der Waals surface area contributed by atoms with Gasteiger partial charge in [0.2, 0.25) is 0 Å². The van der Waals surface area contributed by atoms with Crippen LogP contribution in [0.3, 0.4) is 0 Å². The minimum Gasteiger partial charge on any atom is -0.497 e. The molecule has 0 aliphatic carbocycles. The standard InChI is InChI=1S/C21H24N2O3/c1-25-17-4-2-14(3-5-17)18-12-23(21(24)16-8-11-26-13-16)19-15-6-9-22(10-7-15)20(18)19/h2-5,8,11,13,15,18-20H,6-7,9-10,12H2,1H3/t18-,19+,20+/m0/s1. The summed E-state index contributed by atoms with van der Waals surface area (Å²) in [5, 5.41) is 0. The molecule has 136 valence electrons. The van der Waals surface area contributed by atoms with Gasteiger partial charge in [-0.15, -0.1) is 0 Å². The van der Waals surface area contributed by atoms with Gasteiger partial charge in [0.05, 0.1) is 25.0 Å². The zero-order valence-electron chi connectivity index (χ0n) is 15.0. The van der Waals surface area contributed by atoms with Crippen LogP contribution in [0.1, 0.15) is 34.7 Å². The Hall–Kier alpha value is -2.27. The maximum Gasteiger partial charge on any atom is 0.257 e. The summed E-state index contributed by atoms with van der Waals surface area (Å²) in [6, 6.07) is 10.9. The second kappa shape index (κ2) is 6.16. The molecular weight excluding hydrogens is 328 g/mol. The van der Waals surface area contributed by atoms with Crippen molar-refractivity contribution in [2.45, 2.75) is 30.8 Å². The number of hydrogen-bond donors (Lipinski definition) is 0. The number of nitrogens with zero attached hydrogens (tertiary/aromatic N) is 2. The van der Waals surface area contributed by atoms with Crippen LogP contribution < -0.4 is 4.74 Å². The molecule has 0 saturated carbocycles. The lowest BCUT2D eigenvalue weighted by molar-refractivity contribution is -0.00342. The first-order valence-electron chi connectivity index (χ1n) is 9.47. The van der Waals surface area contributed by atoms with Crippen molar-refractivity contribution >= 4 is 5.91 Å². The normalized spacial score (nSPS) is 32.5. The molecule has 1 amide bonds. The van der Waals surface area contributed by atoms with Crippen LogP contribution in [0.5, 0.6) is 5.75 Å². The molecular formula is C21H24N2O3. The van der Waals surface area contributed by atoms with Gasteiger partial charge in [0.1, 0.15) is 12.0 Å². The molecule has 4 aliphatic rings. The van der Waals surface area contributed by atoms with Crippen molar-refractivity contribution in [3.05, 3.63) is 54.0 Å². The van der Waals surface area contributed by atoms with Crippen LogP contribution in [0.2, 0.25) is 0 Å². The summed E-state index contributed by atoms with van der Waals surface area (Å²) in [6.45, 7) is 3.09. The Labute approximate surface area is 153 Å². The molecule has 2 aromatic rings. The van der Waals surface area contributed by atoms with Gasteiger partial charge < -0.3 is 14.1 Å². The number of carbonyl (C=O) groups excluding carboxylic acids is 1. The second-order valence-electron chi connectivity index (χ2n) is 7.70. The number of hydrogen-bond acceptors (Lipinski definition) is 4. The highest BCUT2D eigenvalue weighted by Gasteiger charge is 2.54. The van der Waals surface area contributed by atoms with Crippen molar-refractivity contribution in [1.29, 1.82) is 0 Å². The Bertz CT molecular complexity index is 778. The fraction of sp³-hybridized carbons (Fsp3) is 0.476. The van der Waals surface area contributed by atoms with Gasteiger partial charge in [-0.05, 0) is 55.6 Å². The summed E-state index contributed by atoms with van der Waals surface area (Å²) in [5.41, 5.74) is 1.96. The first kappa shape index (κ1) is 15.9. The van der Waals surface area contributed by atoms with Crippen molar-refractivity contribution in [3.63, 3.8) is 0 Å². The summed E-state index contributed by atoms with van der Waals surface area (Å²) in [4.78, 5) is 17.9. The van der Waals surface area contributed by atoms with Crippen molar-refractivity contribution in [2.75, 3.05) is 26.7 Å². The maximum atomic E-state index is 13.1. The summed E-state index contributed by atoms with van der Waals surface area (Å²) in [7, 11) is 1.69. The van der Waals surface area contributed by atoms with Gasteiger partial charge in [-0.3, -0.25) is 9.69 Å². The number of likely N-dealkylation sites (tertiary alicyclic amines) is 1. The quantitative estimate of drug-likeness (QED) is 0.852. The second-order valence-corrected chi connectivity index (χ2v) is 7.70. The fourth-order valence-corrected chi connectivity index (χ4v) is 5.35. The van der Waals surface area contributed by atoms with E-state index in [0.29, 0.717) is 29.5 Å². The zero-order chi connectivity index (χ0) is 17.7. The van der Waals surface area contributed by atoms with Crippen molar-refractivity contribution in [3.8, 4) is 5.75 Å². The minimum atomic E-state index is 0.110. The predicted octanol–water partition coefficient (Wildman–Crippen LogP) is 2.99. The van der Waals surface area contributed by atoms with E-state index in [1.165, 1.54) is 18.4 Å². The minimum absolute atomic E-state index is 0.110. The average Bonchev–Trinajstić information content (AvgIpc) is 3.38. The lowest BCUT2D eigenvalue weighted by Gasteiger charge is -2.51. The van der Waals surface area contributed by atoms with E-state index in [1.54, 1.807) is 25.7 Å². The first-order chi connectivity index (χ1) is 12.8. The molecule has 4 saturated heterocycles. The third-order valence-electron chi connectivity index (χ3n) is 6.57. The highest BCUT2D eigenvalue weighted by molar-refractivity contribution is 5.94. The Morgan fingerprint density at radius 2 is 1.88 bits per heavy atom. The van der Waals surface area contributed by atoms with E-state index in [0.717, 1.165) is 25.4 Å². The smallest absolute Gasteiger partial charge is 0.257 e. The molecule has 0 radical (unpaired) electrons. The van der Waals surface area contributed by atoms with Gasteiger partial charge in [0.15, 0.2) is 0 Å². The van der Waals surface area contributed by atoms with E-state index in [2.05, 4.69) is 21.9 Å². The molecule has 2 bridgehead atoms. The van der Waals surface area contributed by atoms with E-state index in [9.17, 15) is 4.79 Å². The van der Waals surface area contributed by atoms with E-state index in [1.807, 2.05) is 12.1 Å². The van der Waals surface area contributed by atoms with Crippen LogP contribution in [0.15, 0.2) is 47.3 Å². The number of furan rings is 1. The van der Waals surface area contributed by atoms with Crippen LogP contribution in [-0.2, 0) is 0 Å². The van der Waals surface area contributed by atoms with Gasteiger partial charge >= 0.3 is 0 Å². The van der Waals surface area contributed by atoms with Crippen LogP contribution in [0.25, 0.3) is 0 Å². The predicted molar refractivity (Wildman–Crippen MR) is 97.4 cm³/mol. The Kier molecular flexibility index (Phi) is 3.78. The molecule has 4 aliphatic heterocycles. The number of benzene rings is 1. The van der Waals surface area contributed by atoms with Crippen LogP contribution in [0, 0.1) is 5.92 Å². The largest absolute Gasteiger partial charge is 0.497 e. The third-order valence-corrected chi connectivity index (χ3v) is 6.57. The van der Waals surface area contributed by atoms with Gasteiger partial charge in [-0.2, -0.15) is 0 Å². The average molecular weight is 352 g/mol. The van der Waals surface area contributed by atoms with E-state index >= 15 is 0 Å². The fourth-order valence-electron chi connectivity index (χ4n) is 5.35. The van der Waals surface area contributed by atoms with Gasteiger partial charge in [0.25, 0.3) is 5.91 Å². The molecule has 1 aromatic carbocycles. The first-order valence-corrected chi connectivity index (χ1v) is 9.47. The summed E-state index contributed by atoms with van der Waals surface area (Å²) >= 11 is 0. The third kappa shape index (κ3) is 2.37. The van der Waals surface area contributed by atoms with Gasteiger partial charge in [-0.25, -0.2) is 0 Å². The van der Waals surface area contributed by atoms with Crippen molar-refractivity contribution in [2.24, 2.45) is 5.92 Å². The number of methoxy groups -OCH3 is 1. The van der Waals surface area contributed by atoms with Crippen LogP contribution in [0.4, 0.5) is 0 Å². The molecule has 0 unspecified atom stereocenters. The highest BCUT2D eigenvalue weighted by atomic mass is 16.5. The molecule has 5 heteroatoms. The monoisotopic (exact) mass is 352 g/mol. The molecule has 0 spiro atoms. The number of piperidine rings is 3. The zero-order valence-corrected chi connectivity index (χ0v) is 15.0. The Balaban J connectivity index is 1.51. The number of amides is 1. The molecule has 26 heavy (non-hydrogen) atoms. The topological polar surface area (TPSA) is 45.9 Å². The summed E-state index contributed by atoms with van der Waals surface area (Å²) in [5.74, 6) is 1.95. The summed E-state index contributed by atoms with van der Waals surface area (Å²) in [6.07, 6.45) is 5.55. The van der Waals surface area contributed by atoms with E-state index in [4.69, 9.17) is 9.15 Å². The van der Waals surface area contributed by atoms with Crippen molar-refractivity contribution < 1.29 is 13.9 Å². The molecule has 6 rings (SSSR count).